The van der Waals surface area contributed by atoms with Crippen molar-refractivity contribution < 1.29 is 0 Å². The lowest BCUT2D eigenvalue weighted by Crippen LogP contribution is -2.07. The molecule has 11 heavy (non-hydrogen) atoms. The molecule has 4 heteroatoms. The Morgan fingerprint density at radius 2 is 2.36 bits per heavy atom. The van der Waals surface area contributed by atoms with Crippen molar-refractivity contribution >= 4 is 40.1 Å². The summed E-state index contributed by atoms with van der Waals surface area (Å²) in [6.07, 6.45) is 1.68. The van der Waals surface area contributed by atoms with Gasteiger partial charge in [0.25, 0.3) is 0 Å². The van der Waals surface area contributed by atoms with E-state index >= 15 is 0 Å². The molecular weight excluding hydrogens is 198 g/mol. The highest BCUT2D eigenvalue weighted by Crippen LogP contribution is 2.22. The lowest BCUT2D eigenvalue weighted by atomic mass is 10.3. The molecule has 1 aromatic heterocycles. The fourth-order valence-corrected chi connectivity index (χ4v) is 1.92. The van der Waals surface area contributed by atoms with Gasteiger partial charge in [-0.25, -0.2) is 0 Å². The van der Waals surface area contributed by atoms with Crippen molar-refractivity contribution in [1.82, 2.24) is 0 Å². The normalized spacial score (nSPS) is 9.91. The molecule has 0 atom stereocenters. The van der Waals surface area contributed by atoms with Gasteiger partial charge in [-0.15, -0.1) is 11.3 Å². The number of hydrogen-bond donors (Lipinski definition) is 1. The van der Waals surface area contributed by atoms with Gasteiger partial charge < -0.3 is 5.73 Å². The first-order valence-corrected chi connectivity index (χ1v) is 4.81. The number of halogens is 1. The Kier molecular flexibility index (Phi) is 3.30. The molecule has 1 rings (SSSR count). The van der Waals surface area contributed by atoms with Crippen molar-refractivity contribution in [2.45, 2.75) is 12.8 Å². The fraction of sp³-hybridized carbons (Fsp3) is 0.286. The lowest BCUT2D eigenvalue weighted by Gasteiger charge is -1.93. The van der Waals surface area contributed by atoms with Crippen molar-refractivity contribution in [1.29, 1.82) is 0 Å². The van der Waals surface area contributed by atoms with Gasteiger partial charge in [0, 0.05) is 11.3 Å². The summed E-state index contributed by atoms with van der Waals surface area (Å²) in [4.78, 5) is 1.80. The van der Waals surface area contributed by atoms with Crippen molar-refractivity contribution in [3.63, 3.8) is 0 Å². The molecular formula is C7H8ClNS2. The predicted octanol–water partition coefficient (Wildman–Crippen LogP) is 2.62. The molecule has 0 bridgehead atoms. The van der Waals surface area contributed by atoms with Crippen LogP contribution in [0, 0.1) is 0 Å². The lowest BCUT2D eigenvalue weighted by molar-refractivity contribution is 1.07. The van der Waals surface area contributed by atoms with E-state index in [2.05, 4.69) is 0 Å². The Morgan fingerprint density at radius 3 is 2.82 bits per heavy atom. The summed E-state index contributed by atoms with van der Waals surface area (Å²) < 4.78 is 0.822. The number of thiocarbonyl (C=S) groups is 1. The maximum atomic E-state index is 5.73. The number of hydrogen-bond acceptors (Lipinski definition) is 2. The number of rotatable bonds is 3. The highest BCUT2D eigenvalue weighted by molar-refractivity contribution is 7.80. The Labute approximate surface area is 80.2 Å². The number of thiophene rings is 1. The van der Waals surface area contributed by atoms with E-state index in [4.69, 9.17) is 29.6 Å². The summed E-state index contributed by atoms with van der Waals surface area (Å²) >= 11 is 12.1. The van der Waals surface area contributed by atoms with Gasteiger partial charge in [0.2, 0.25) is 0 Å². The second-order valence-electron chi connectivity index (χ2n) is 2.17. The SMILES string of the molecule is NC(=S)CCc1ccc(Cl)s1. The van der Waals surface area contributed by atoms with E-state index in [-0.39, 0.29) is 0 Å². The average molecular weight is 206 g/mol. The molecule has 60 valence electrons. The summed E-state index contributed by atoms with van der Waals surface area (Å²) in [5, 5.41) is 0. The van der Waals surface area contributed by atoms with Crippen LogP contribution in [0.15, 0.2) is 12.1 Å². The molecule has 0 saturated carbocycles. The standard InChI is InChI=1S/C7H8ClNS2/c8-6-3-1-5(11-6)2-4-7(9)10/h1,3H,2,4H2,(H2,9,10). The van der Waals surface area contributed by atoms with Gasteiger partial charge in [-0.3, -0.25) is 0 Å². The van der Waals surface area contributed by atoms with Crippen LogP contribution in [0.4, 0.5) is 0 Å². The second kappa shape index (κ2) is 4.04. The van der Waals surface area contributed by atoms with Gasteiger partial charge in [-0.2, -0.15) is 0 Å². The maximum Gasteiger partial charge on any atom is 0.0931 e. The van der Waals surface area contributed by atoms with Gasteiger partial charge in [0.15, 0.2) is 0 Å². The van der Waals surface area contributed by atoms with Crippen LogP contribution < -0.4 is 5.73 Å². The van der Waals surface area contributed by atoms with Crippen LogP contribution in [-0.4, -0.2) is 4.99 Å². The van der Waals surface area contributed by atoms with E-state index in [9.17, 15) is 0 Å². The Hall–Kier alpha value is -0.120. The first-order chi connectivity index (χ1) is 5.18. The molecule has 1 nitrogen and oxygen atoms in total. The van der Waals surface area contributed by atoms with Crippen LogP contribution in [0.5, 0.6) is 0 Å². The molecule has 0 aliphatic rings. The molecule has 1 heterocycles. The zero-order valence-electron chi connectivity index (χ0n) is 5.84. The van der Waals surface area contributed by atoms with Crippen molar-refractivity contribution in [2.75, 3.05) is 0 Å². The summed E-state index contributed by atoms with van der Waals surface area (Å²) in [6, 6.07) is 3.90. The highest BCUT2D eigenvalue weighted by atomic mass is 35.5. The molecule has 0 aromatic carbocycles. The molecule has 0 spiro atoms. The molecule has 0 fully saturated rings. The van der Waals surface area contributed by atoms with E-state index in [1.54, 1.807) is 11.3 Å². The third-order valence-corrected chi connectivity index (χ3v) is 2.74. The molecule has 0 amide bonds. The van der Waals surface area contributed by atoms with Crippen LogP contribution in [0.25, 0.3) is 0 Å². The molecule has 0 aliphatic heterocycles. The molecule has 2 N–H and O–H groups in total. The largest absolute Gasteiger partial charge is 0.393 e. The Bertz CT molecular complexity index is 257. The van der Waals surface area contributed by atoms with Gasteiger partial charge in [-0.1, -0.05) is 23.8 Å². The van der Waals surface area contributed by atoms with Gasteiger partial charge >= 0.3 is 0 Å². The molecule has 0 radical (unpaired) electrons. The molecule has 0 unspecified atom stereocenters. The summed E-state index contributed by atoms with van der Waals surface area (Å²) in [6.45, 7) is 0. The van der Waals surface area contributed by atoms with Gasteiger partial charge in [0.05, 0.1) is 9.32 Å². The molecule has 0 saturated heterocycles. The minimum atomic E-state index is 0.564. The first kappa shape index (κ1) is 8.97. The van der Waals surface area contributed by atoms with E-state index in [0.29, 0.717) is 4.99 Å². The van der Waals surface area contributed by atoms with Crippen LogP contribution in [-0.2, 0) is 6.42 Å². The van der Waals surface area contributed by atoms with E-state index in [1.807, 2.05) is 12.1 Å². The first-order valence-electron chi connectivity index (χ1n) is 3.21. The zero-order valence-corrected chi connectivity index (χ0v) is 8.23. The smallest absolute Gasteiger partial charge is 0.0931 e. The topological polar surface area (TPSA) is 26.0 Å². The van der Waals surface area contributed by atoms with Crippen LogP contribution >= 0.6 is 35.2 Å². The van der Waals surface area contributed by atoms with Crippen molar-refractivity contribution in [2.24, 2.45) is 5.73 Å². The van der Waals surface area contributed by atoms with E-state index in [0.717, 1.165) is 17.2 Å². The van der Waals surface area contributed by atoms with E-state index in [1.165, 1.54) is 4.88 Å². The third-order valence-electron chi connectivity index (χ3n) is 1.25. The fourth-order valence-electron chi connectivity index (χ4n) is 0.733. The maximum absolute atomic E-state index is 5.73. The quantitative estimate of drug-likeness (QED) is 0.768. The molecule has 0 aliphatic carbocycles. The van der Waals surface area contributed by atoms with Crippen molar-refractivity contribution in [3.8, 4) is 0 Å². The Morgan fingerprint density at radius 1 is 1.64 bits per heavy atom. The second-order valence-corrected chi connectivity index (χ2v) is 4.50. The molecule has 1 aromatic rings. The van der Waals surface area contributed by atoms with Crippen molar-refractivity contribution in [3.05, 3.63) is 21.3 Å². The number of aryl methyl sites for hydroxylation is 1. The monoisotopic (exact) mass is 205 g/mol. The highest BCUT2D eigenvalue weighted by Gasteiger charge is 1.97. The van der Waals surface area contributed by atoms with Crippen LogP contribution in [0.2, 0.25) is 4.34 Å². The van der Waals surface area contributed by atoms with Crippen LogP contribution in [0.3, 0.4) is 0 Å². The Balaban J connectivity index is 2.45. The van der Waals surface area contributed by atoms with Gasteiger partial charge in [0.1, 0.15) is 0 Å². The van der Waals surface area contributed by atoms with Crippen LogP contribution in [0.1, 0.15) is 11.3 Å². The van der Waals surface area contributed by atoms with Gasteiger partial charge in [-0.05, 0) is 18.6 Å². The third kappa shape index (κ3) is 3.18. The van der Waals surface area contributed by atoms with E-state index < -0.39 is 0 Å². The summed E-state index contributed by atoms with van der Waals surface area (Å²) in [5.41, 5.74) is 5.35. The predicted molar refractivity (Wildman–Crippen MR) is 54.4 cm³/mol. The number of nitrogens with two attached hydrogens (primary N) is 1. The zero-order chi connectivity index (χ0) is 8.27. The minimum absolute atomic E-state index is 0.564. The summed E-state index contributed by atoms with van der Waals surface area (Å²) in [5.74, 6) is 0. The average Bonchev–Trinajstić information content (AvgIpc) is 2.31. The minimum Gasteiger partial charge on any atom is -0.393 e. The summed E-state index contributed by atoms with van der Waals surface area (Å²) in [7, 11) is 0.